The number of carbonyl (C=O) groups excluding carboxylic acids is 2. The van der Waals surface area contributed by atoms with Gasteiger partial charge in [-0.3, -0.25) is 14.5 Å². The fourth-order valence-electron chi connectivity index (χ4n) is 2.84. The summed E-state index contributed by atoms with van der Waals surface area (Å²) in [4.78, 5) is 26.0. The van der Waals surface area contributed by atoms with E-state index in [1.165, 1.54) is 4.90 Å². The molecule has 5 nitrogen and oxygen atoms in total. The molecule has 1 heterocycles. The summed E-state index contributed by atoms with van der Waals surface area (Å²) in [5.41, 5.74) is 1.13. The zero-order valence-corrected chi connectivity index (χ0v) is 13.8. The molecular formula is C18H22N2O3. The van der Waals surface area contributed by atoms with E-state index < -0.39 is 5.60 Å². The number of amides is 1. The van der Waals surface area contributed by atoms with E-state index in [9.17, 15) is 9.59 Å². The third-order valence-corrected chi connectivity index (χ3v) is 3.74. The summed E-state index contributed by atoms with van der Waals surface area (Å²) >= 11 is 0. The average Bonchev–Trinajstić information content (AvgIpc) is 2.58. The number of hydrogen-bond donors (Lipinski definition) is 0. The molecule has 1 aliphatic rings. The molecule has 1 aromatic carbocycles. The van der Waals surface area contributed by atoms with Crippen LogP contribution in [0.3, 0.4) is 0 Å². The first-order valence-corrected chi connectivity index (χ1v) is 7.80. The number of para-hydroxylation sites is 1. The van der Waals surface area contributed by atoms with E-state index in [0.29, 0.717) is 12.8 Å². The molecule has 0 saturated heterocycles. The maximum absolute atomic E-state index is 12.3. The fourth-order valence-corrected chi connectivity index (χ4v) is 2.84. The van der Waals surface area contributed by atoms with Gasteiger partial charge in [0, 0.05) is 12.1 Å². The van der Waals surface area contributed by atoms with Crippen molar-refractivity contribution >= 4 is 17.6 Å². The Labute approximate surface area is 136 Å². The second-order valence-electron chi connectivity index (χ2n) is 6.72. The predicted molar refractivity (Wildman–Crippen MR) is 86.8 cm³/mol. The van der Waals surface area contributed by atoms with Gasteiger partial charge in [0.2, 0.25) is 5.91 Å². The normalized spacial score (nSPS) is 17.9. The van der Waals surface area contributed by atoms with Crippen molar-refractivity contribution < 1.29 is 14.3 Å². The van der Waals surface area contributed by atoms with Crippen molar-refractivity contribution in [2.24, 2.45) is 0 Å². The molecule has 1 amide bonds. The Morgan fingerprint density at radius 2 is 2.09 bits per heavy atom. The molecule has 0 spiro atoms. The first-order valence-electron chi connectivity index (χ1n) is 7.80. The molecule has 1 unspecified atom stereocenters. The van der Waals surface area contributed by atoms with Crippen LogP contribution in [0.5, 0.6) is 0 Å². The van der Waals surface area contributed by atoms with Gasteiger partial charge in [0.1, 0.15) is 12.1 Å². The van der Waals surface area contributed by atoms with Crippen molar-refractivity contribution in [3.05, 3.63) is 29.8 Å². The van der Waals surface area contributed by atoms with Crippen LogP contribution in [0.4, 0.5) is 5.69 Å². The lowest BCUT2D eigenvalue weighted by atomic mass is 9.91. The van der Waals surface area contributed by atoms with Crippen LogP contribution in [0.25, 0.3) is 0 Å². The third-order valence-electron chi connectivity index (χ3n) is 3.74. The zero-order valence-electron chi connectivity index (χ0n) is 13.8. The van der Waals surface area contributed by atoms with Crippen molar-refractivity contribution in [2.75, 3.05) is 11.4 Å². The number of anilines is 1. The van der Waals surface area contributed by atoms with Crippen molar-refractivity contribution in [3.63, 3.8) is 0 Å². The second-order valence-corrected chi connectivity index (χ2v) is 6.72. The van der Waals surface area contributed by atoms with Crippen molar-refractivity contribution in [1.82, 2.24) is 0 Å². The zero-order chi connectivity index (χ0) is 17.0. The van der Waals surface area contributed by atoms with Gasteiger partial charge in [-0.1, -0.05) is 18.2 Å². The van der Waals surface area contributed by atoms with Crippen LogP contribution in [-0.4, -0.2) is 24.0 Å². The minimum atomic E-state index is -0.524. The lowest BCUT2D eigenvalue weighted by Crippen LogP contribution is -2.30. The molecule has 23 heavy (non-hydrogen) atoms. The van der Waals surface area contributed by atoms with Crippen molar-refractivity contribution in [3.8, 4) is 6.07 Å². The molecule has 1 aromatic rings. The summed E-state index contributed by atoms with van der Waals surface area (Å²) in [5, 5.41) is 8.97. The molecular weight excluding hydrogens is 292 g/mol. The molecule has 1 atom stereocenters. The van der Waals surface area contributed by atoms with Crippen LogP contribution in [0.1, 0.15) is 51.5 Å². The van der Waals surface area contributed by atoms with Gasteiger partial charge < -0.3 is 4.74 Å². The lowest BCUT2D eigenvalue weighted by molar-refractivity contribution is -0.155. The number of fused-ring (bicyclic) bond motifs is 1. The fraction of sp³-hybridized carbons (Fsp3) is 0.500. The maximum Gasteiger partial charge on any atom is 0.306 e. The molecule has 0 bridgehead atoms. The quantitative estimate of drug-likeness (QED) is 0.635. The highest BCUT2D eigenvalue weighted by Gasteiger charge is 2.30. The monoisotopic (exact) mass is 314 g/mol. The Balaban J connectivity index is 2.28. The molecule has 0 aromatic heterocycles. The summed E-state index contributed by atoms with van der Waals surface area (Å²) in [6, 6.07) is 9.52. The minimum Gasteiger partial charge on any atom is -0.460 e. The van der Waals surface area contributed by atoms with Crippen LogP contribution in [0.15, 0.2) is 24.3 Å². The molecule has 122 valence electrons. The van der Waals surface area contributed by atoms with Gasteiger partial charge in [0.05, 0.1) is 12.5 Å². The summed E-state index contributed by atoms with van der Waals surface area (Å²) in [5.74, 6) is -0.419. The number of benzene rings is 1. The van der Waals surface area contributed by atoms with E-state index in [-0.39, 0.29) is 30.8 Å². The molecule has 0 aliphatic carbocycles. The Hall–Kier alpha value is -2.35. The van der Waals surface area contributed by atoms with Gasteiger partial charge in [0.15, 0.2) is 0 Å². The van der Waals surface area contributed by atoms with Gasteiger partial charge in [-0.2, -0.15) is 5.26 Å². The lowest BCUT2D eigenvalue weighted by Gasteiger charge is -2.23. The van der Waals surface area contributed by atoms with E-state index >= 15 is 0 Å². The average molecular weight is 314 g/mol. The first-order chi connectivity index (χ1) is 10.8. The van der Waals surface area contributed by atoms with Crippen molar-refractivity contribution in [2.45, 2.75) is 51.6 Å². The standard InChI is InChI=1S/C18H22N2O3/c1-18(2,3)23-17(22)12-13-8-9-16(21)20(11-10-19)15-7-5-4-6-14(13)15/h4-7,13H,8-9,11-12H2,1-3H3. The van der Waals surface area contributed by atoms with Crippen LogP contribution in [0, 0.1) is 11.3 Å². The number of rotatable bonds is 3. The molecule has 0 N–H and O–H groups in total. The molecule has 5 heteroatoms. The van der Waals surface area contributed by atoms with Crippen LogP contribution in [-0.2, 0) is 14.3 Å². The maximum atomic E-state index is 12.3. The van der Waals surface area contributed by atoms with Crippen molar-refractivity contribution in [1.29, 1.82) is 5.26 Å². The summed E-state index contributed by atoms with van der Waals surface area (Å²) in [6.07, 6.45) is 1.14. The highest BCUT2D eigenvalue weighted by Crippen LogP contribution is 2.37. The Kier molecular flexibility index (Phi) is 5.05. The Bertz CT molecular complexity index is 640. The number of ether oxygens (including phenoxy) is 1. The molecule has 0 fully saturated rings. The van der Waals surface area contributed by atoms with Gasteiger partial charge in [-0.15, -0.1) is 0 Å². The largest absolute Gasteiger partial charge is 0.460 e. The highest BCUT2D eigenvalue weighted by atomic mass is 16.6. The van der Waals surface area contributed by atoms with E-state index in [4.69, 9.17) is 10.00 Å². The summed E-state index contributed by atoms with van der Waals surface area (Å²) in [7, 11) is 0. The molecule has 2 rings (SSSR count). The van der Waals surface area contributed by atoms with E-state index in [1.807, 2.05) is 51.1 Å². The highest BCUT2D eigenvalue weighted by molar-refractivity contribution is 5.95. The third kappa shape index (κ3) is 4.32. The summed E-state index contributed by atoms with van der Waals surface area (Å²) in [6.45, 7) is 5.54. The SMILES string of the molecule is CC(C)(C)OC(=O)CC1CCC(=O)N(CC#N)c2ccccc21. The minimum absolute atomic E-state index is 0.0228. The number of hydrogen-bond acceptors (Lipinski definition) is 4. The van der Waals surface area contributed by atoms with E-state index in [0.717, 1.165) is 11.3 Å². The molecule has 1 aliphatic heterocycles. The summed E-state index contributed by atoms with van der Waals surface area (Å²) < 4.78 is 5.41. The van der Waals surface area contributed by atoms with Crippen LogP contribution < -0.4 is 4.90 Å². The molecule has 0 radical (unpaired) electrons. The van der Waals surface area contributed by atoms with E-state index in [1.54, 1.807) is 0 Å². The number of nitrogens with zero attached hydrogens (tertiary/aromatic N) is 2. The van der Waals surface area contributed by atoms with Gasteiger partial charge in [0.25, 0.3) is 0 Å². The Morgan fingerprint density at radius 1 is 1.39 bits per heavy atom. The predicted octanol–water partition coefficient (Wildman–Crippen LogP) is 3.15. The number of carbonyl (C=O) groups is 2. The first kappa shape index (κ1) is 17.0. The number of esters is 1. The second kappa shape index (κ2) is 6.82. The Morgan fingerprint density at radius 3 is 2.74 bits per heavy atom. The topological polar surface area (TPSA) is 70.4 Å². The van der Waals surface area contributed by atoms with Gasteiger partial charge in [-0.05, 0) is 44.7 Å². The number of nitriles is 1. The van der Waals surface area contributed by atoms with Crippen LogP contribution >= 0.6 is 0 Å². The smallest absolute Gasteiger partial charge is 0.306 e. The van der Waals surface area contributed by atoms with Crippen LogP contribution in [0.2, 0.25) is 0 Å². The molecule has 0 saturated carbocycles. The van der Waals surface area contributed by atoms with Gasteiger partial charge in [-0.25, -0.2) is 0 Å². The van der Waals surface area contributed by atoms with E-state index in [2.05, 4.69) is 0 Å². The van der Waals surface area contributed by atoms with Gasteiger partial charge >= 0.3 is 5.97 Å².